The number of esters is 1. The number of rotatable bonds is 6. The van der Waals surface area contributed by atoms with E-state index in [4.69, 9.17) is 9.84 Å². The topological polar surface area (TPSA) is 102 Å². The molecule has 0 fully saturated rings. The number of non-ortho nitro benzene ring substituents is 1. The highest BCUT2D eigenvalue weighted by molar-refractivity contribution is 5.96. The summed E-state index contributed by atoms with van der Waals surface area (Å²) in [4.78, 5) is 21.5. The molecule has 0 atom stereocenters. The predicted molar refractivity (Wildman–Crippen MR) is 64.6 cm³/mol. The fraction of sp³-hybridized carbons (Fsp3) is 0.364. The van der Waals surface area contributed by atoms with Crippen LogP contribution in [0.5, 0.6) is 0 Å². The lowest BCUT2D eigenvalue weighted by atomic mass is 10.1. The second kappa shape index (κ2) is 6.64. The van der Waals surface area contributed by atoms with Crippen molar-refractivity contribution in [3.63, 3.8) is 0 Å². The third-order valence-corrected chi connectivity index (χ3v) is 2.19. The van der Waals surface area contributed by atoms with Crippen LogP contribution in [0.2, 0.25) is 0 Å². The quantitative estimate of drug-likeness (QED) is 0.460. The highest BCUT2D eigenvalue weighted by Crippen LogP contribution is 2.26. The van der Waals surface area contributed by atoms with Gasteiger partial charge in [0.1, 0.15) is 0 Å². The standard InChI is InChI=1S/C11H13FN2O5/c1-2-19-11(16)8-5-7(14(17)18)6-9(12)10(8)13-3-4-15/h5-6,13,15H,2-4H2,1H3. The first-order valence-electron chi connectivity index (χ1n) is 5.51. The second-order valence-corrected chi connectivity index (χ2v) is 3.48. The summed E-state index contributed by atoms with van der Waals surface area (Å²) in [6.45, 7) is 1.34. The fourth-order valence-electron chi connectivity index (χ4n) is 1.43. The second-order valence-electron chi connectivity index (χ2n) is 3.48. The number of nitro groups is 1. The first-order chi connectivity index (χ1) is 9.01. The fourth-order valence-corrected chi connectivity index (χ4v) is 1.43. The van der Waals surface area contributed by atoms with Gasteiger partial charge in [-0.25, -0.2) is 9.18 Å². The Balaban J connectivity index is 3.26. The molecule has 8 heteroatoms. The SMILES string of the molecule is CCOC(=O)c1cc([N+](=O)[O-])cc(F)c1NCCO. The van der Waals surface area contributed by atoms with E-state index in [0.29, 0.717) is 6.07 Å². The molecule has 0 aliphatic rings. The molecule has 1 aromatic rings. The van der Waals surface area contributed by atoms with Crippen LogP contribution in [0.3, 0.4) is 0 Å². The summed E-state index contributed by atoms with van der Waals surface area (Å²) < 4.78 is 18.4. The number of benzene rings is 1. The number of nitrogens with zero attached hydrogens (tertiary/aromatic N) is 1. The average molecular weight is 272 g/mol. The molecular formula is C11H13FN2O5. The molecule has 0 saturated heterocycles. The molecule has 7 nitrogen and oxygen atoms in total. The number of hydrogen-bond donors (Lipinski definition) is 2. The Morgan fingerprint density at radius 3 is 2.79 bits per heavy atom. The van der Waals surface area contributed by atoms with Gasteiger partial charge >= 0.3 is 5.97 Å². The predicted octanol–water partition coefficient (Wildman–Crippen LogP) is 1.31. The number of aliphatic hydroxyl groups is 1. The number of carbonyl (C=O) groups excluding carboxylic acids is 1. The Bertz CT molecular complexity index is 492. The van der Waals surface area contributed by atoms with Crippen LogP contribution in [0, 0.1) is 15.9 Å². The highest BCUT2D eigenvalue weighted by atomic mass is 19.1. The number of halogens is 1. The summed E-state index contributed by atoms with van der Waals surface area (Å²) in [7, 11) is 0. The summed E-state index contributed by atoms with van der Waals surface area (Å²) in [6, 6.07) is 1.63. The van der Waals surface area contributed by atoms with E-state index in [1.165, 1.54) is 0 Å². The molecule has 0 radical (unpaired) electrons. The molecule has 0 heterocycles. The Labute approximate surface area is 108 Å². The van der Waals surface area contributed by atoms with Crippen molar-refractivity contribution in [2.45, 2.75) is 6.92 Å². The first-order valence-corrected chi connectivity index (χ1v) is 5.51. The van der Waals surface area contributed by atoms with Gasteiger partial charge in [-0.1, -0.05) is 0 Å². The first kappa shape index (κ1) is 14.8. The number of nitro benzene ring substituents is 1. The molecule has 0 aromatic heterocycles. The zero-order valence-corrected chi connectivity index (χ0v) is 10.2. The van der Waals surface area contributed by atoms with Crippen LogP contribution in [0.1, 0.15) is 17.3 Å². The van der Waals surface area contributed by atoms with Crippen LogP contribution >= 0.6 is 0 Å². The van der Waals surface area contributed by atoms with Crippen LogP contribution in [0.15, 0.2) is 12.1 Å². The summed E-state index contributed by atoms with van der Waals surface area (Å²) in [5.41, 5.74) is -1.05. The minimum absolute atomic E-state index is 0.00113. The molecule has 0 bridgehead atoms. The largest absolute Gasteiger partial charge is 0.462 e. The van der Waals surface area contributed by atoms with Crippen LogP contribution in [0.4, 0.5) is 15.8 Å². The van der Waals surface area contributed by atoms with Crippen molar-refractivity contribution in [3.05, 3.63) is 33.6 Å². The highest BCUT2D eigenvalue weighted by Gasteiger charge is 2.22. The number of ether oxygens (including phenoxy) is 1. The van der Waals surface area contributed by atoms with Crippen molar-refractivity contribution in [2.75, 3.05) is 25.1 Å². The van der Waals surface area contributed by atoms with Crippen molar-refractivity contribution in [3.8, 4) is 0 Å². The van der Waals surface area contributed by atoms with Crippen LogP contribution in [0.25, 0.3) is 0 Å². The van der Waals surface area contributed by atoms with Crippen LogP contribution in [-0.2, 0) is 4.74 Å². The van der Waals surface area contributed by atoms with E-state index in [-0.39, 0.29) is 31.0 Å². The molecule has 0 saturated carbocycles. The summed E-state index contributed by atoms with van der Waals surface area (Å²) in [5, 5.41) is 21.8. The molecule has 0 amide bonds. The van der Waals surface area contributed by atoms with Gasteiger partial charge in [-0.3, -0.25) is 10.1 Å². The van der Waals surface area contributed by atoms with Gasteiger partial charge in [0.15, 0.2) is 5.82 Å². The number of nitrogens with one attached hydrogen (secondary N) is 1. The summed E-state index contributed by atoms with van der Waals surface area (Å²) >= 11 is 0. The number of aliphatic hydroxyl groups excluding tert-OH is 1. The smallest absolute Gasteiger partial charge is 0.340 e. The monoisotopic (exact) mass is 272 g/mol. The molecule has 104 valence electrons. The molecule has 1 aromatic carbocycles. The zero-order chi connectivity index (χ0) is 14.4. The number of anilines is 1. The molecule has 2 N–H and O–H groups in total. The Morgan fingerprint density at radius 2 is 2.26 bits per heavy atom. The Hall–Kier alpha value is -2.22. The van der Waals surface area contributed by atoms with E-state index in [9.17, 15) is 19.3 Å². The van der Waals surface area contributed by atoms with Gasteiger partial charge in [-0.2, -0.15) is 0 Å². The maximum absolute atomic E-state index is 13.7. The van der Waals surface area contributed by atoms with Crippen molar-refractivity contribution < 1.29 is 24.0 Å². The van der Waals surface area contributed by atoms with Gasteiger partial charge < -0.3 is 15.2 Å². The average Bonchev–Trinajstić information content (AvgIpc) is 2.36. The van der Waals surface area contributed by atoms with Crippen LogP contribution < -0.4 is 5.32 Å². The van der Waals surface area contributed by atoms with E-state index in [1.807, 2.05) is 0 Å². The Kier molecular flexibility index (Phi) is 5.19. The van der Waals surface area contributed by atoms with Crippen LogP contribution in [-0.4, -0.2) is 35.8 Å². The lowest BCUT2D eigenvalue weighted by Gasteiger charge is -2.11. The molecular weight excluding hydrogens is 259 g/mol. The van der Waals surface area contributed by atoms with Gasteiger partial charge in [0, 0.05) is 12.6 Å². The molecule has 0 aliphatic carbocycles. The number of carbonyl (C=O) groups is 1. The lowest BCUT2D eigenvalue weighted by Crippen LogP contribution is -2.14. The van der Waals surface area contributed by atoms with Crippen molar-refractivity contribution in [1.82, 2.24) is 0 Å². The lowest BCUT2D eigenvalue weighted by molar-refractivity contribution is -0.385. The molecule has 1 rings (SSSR count). The maximum Gasteiger partial charge on any atom is 0.340 e. The zero-order valence-electron chi connectivity index (χ0n) is 10.2. The number of hydrogen-bond acceptors (Lipinski definition) is 6. The van der Waals surface area contributed by atoms with E-state index in [0.717, 1.165) is 6.07 Å². The van der Waals surface area contributed by atoms with Gasteiger partial charge in [0.05, 0.1) is 35.5 Å². The van der Waals surface area contributed by atoms with Gasteiger partial charge in [0.2, 0.25) is 0 Å². The van der Waals surface area contributed by atoms with E-state index < -0.39 is 22.4 Å². The molecule has 0 spiro atoms. The van der Waals surface area contributed by atoms with Gasteiger partial charge in [-0.15, -0.1) is 0 Å². The molecule has 19 heavy (non-hydrogen) atoms. The van der Waals surface area contributed by atoms with Crippen molar-refractivity contribution in [2.24, 2.45) is 0 Å². The summed E-state index contributed by atoms with van der Waals surface area (Å²) in [5.74, 6) is -1.82. The maximum atomic E-state index is 13.7. The normalized spacial score (nSPS) is 10.1. The minimum Gasteiger partial charge on any atom is -0.462 e. The van der Waals surface area contributed by atoms with Gasteiger partial charge in [0.25, 0.3) is 5.69 Å². The van der Waals surface area contributed by atoms with E-state index in [2.05, 4.69) is 5.32 Å². The summed E-state index contributed by atoms with van der Waals surface area (Å²) in [6.07, 6.45) is 0. The Morgan fingerprint density at radius 1 is 1.58 bits per heavy atom. The third kappa shape index (κ3) is 3.62. The minimum atomic E-state index is -0.953. The van der Waals surface area contributed by atoms with Crippen molar-refractivity contribution >= 4 is 17.3 Å². The third-order valence-electron chi connectivity index (χ3n) is 2.19. The van der Waals surface area contributed by atoms with Crippen molar-refractivity contribution in [1.29, 1.82) is 0 Å². The molecule has 0 aliphatic heterocycles. The van der Waals surface area contributed by atoms with Gasteiger partial charge in [-0.05, 0) is 6.92 Å². The van der Waals surface area contributed by atoms with E-state index in [1.54, 1.807) is 6.92 Å². The van der Waals surface area contributed by atoms with E-state index >= 15 is 0 Å². The molecule has 0 unspecified atom stereocenters.